The smallest absolute Gasteiger partial charge is 0.131 e. The Kier molecular flexibility index (Phi) is 2.90. The number of nitrogen functional groups attached to an aromatic ring is 1. The Hall–Kier alpha value is -1.51. The molecule has 2 rings (SSSR count). The molecule has 0 amide bonds. The third-order valence-corrected chi connectivity index (χ3v) is 2.61. The lowest BCUT2D eigenvalue weighted by Crippen LogP contribution is -2.06. The van der Waals surface area contributed by atoms with Gasteiger partial charge in [0.05, 0.1) is 0 Å². The summed E-state index contributed by atoms with van der Waals surface area (Å²) in [4.78, 5) is 4.34. The van der Waals surface area contributed by atoms with E-state index in [9.17, 15) is 0 Å². The minimum absolute atomic E-state index is 0.584. The van der Waals surface area contributed by atoms with Crippen LogP contribution in [0.5, 0.6) is 0 Å². The molecule has 0 spiro atoms. The van der Waals surface area contributed by atoms with Gasteiger partial charge in [0.25, 0.3) is 0 Å². The van der Waals surface area contributed by atoms with Crippen molar-refractivity contribution >= 4 is 11.6 Å². The zero-order valence-corrected chi connectivity index (χ0v) is 8.87. The molecule has 0 atom stereocenters. The first-order chi connectivity index (χ1) is 7.31. The Morgan fingerprint density at radius 3 is 3.00 bits per heavy atom. The van der Waals surface area contributed by atoms with Crippen molar-refractivity contribution in [2.45, 2.75) is 25.2 Å². The summed E-state index contributed by atoms with van der Waals surface area (Å²) in [6.45, 7) is 4.57. The third kappa shape index (κ3) is 2.49. The fourth-order valence-electron chi connectivity index (χ4n) is 1.64. The molecule has 0 bridgehead atoms. The van der Waals surface area contributed by atoms with E-state index < -0.39 is 0 Å². The second-order valence-corrected chi connectivity index (χ2v) is 3.95. The molecule has 0 saturated heterocycles. The summed E-state index contributed by atoms with van der Waals surface area (Å²) in [5, 5.41) is 3.31. The van der Waals surface area contributed by atoms with Gasteiger partial charge in [-0.1, -0.05) is 12.1 Å². The van der Waals surface area contributed by atoms with Gasteiger partial charge in [0.15, 0.2) is 0 Å². The first kappa shape index (κ1) is 10.0. The van der Waals surface area contributed by atoms with Crippen LogP contribution in [0.1, 0.15) is 30.7 Å². The number of anilines is 2. The van der Waals surface area contributed by atoms with E-state index >= 15 is 0 Å². The average Bonchev–Trinajstić information content (AvgIpc) is 3.02. The fraction of sp³-hybridized carbons (Fsp3) is 0.417. The molecule has 3 nitrogen and oxygen atoms in total. The molecular formula is C12H17N3. The number of hydrogen-bond acceptors (Lipinski definition) is 3. The summed E-state index contributed by atoms with van der Waals surface area (Å²) in [6.07, 6.45) is 5.40. The van der Waals surface area contributed by atoms with Crippen LogP contribution in [0, 0.1) is 0 Å². The molecule has 80 valence electrons. The summed E-state index contributed by atoms with van der Waals surface area (Å²) in [5.74, 6) is 2.24. The zero-order chi connectivity index (χ0) is 10.7. The summed E-state index contributed by atoms with van der Waals surface area (Å²) in [6, 6.07) is 3.97. The molecule has 3 N–H and O–H groups in total. The Labute approximate surface area is 90.4 Å². The van der Waals surface area contributed by atoms with E-state index in [1.165, 1.54) is 18.4 Å². The maximum atomic E-state index is 5.68. The van der Waals surface area contributed by atoms with Crippen LogP contribution < -0.4 is 11.1 Å². The van der Waals surface area contributed by atoms with Crippen molar-refractivity contribution < 1.29 is 0 Å². The van der Waals surface area contributed by atoms with Crippen molar-refractivity contribution in [3.05, 3.63) is 30.4 Å². The molecule has 1 aliphatic rings. The summed E-state index contributed by atoms with van der Waals surface area (Å²) in [5.41, 5.74) is 6.99. The van der Waals surface area contributed by atoms with Crippen LogP contribution in [-0.4, -0.2) is 11.5 Å². The maximum absolute atomic E-state index is 5.68. The predicted octanol–water partition coefficient (Wildman–Crippen LogP) is 2.53. The Bertz CT molecular complexity index is 356. The van der Waals surface area contributed by atoms with Crippen molar-refractivity contribution in [2.24, 2.45) is 0 Å². The minimum atomic E-state index is 0.584. The van der Waals surface area contributed by atoms with E-state index in [-0.39, 0.29) is 0 Å². The third-order valence-electron chi connectivity index (χ3n) is 2.61. The molecule has 0 unspecified atom stereocenters. The van der Waals surface area contributed by atoms with Gasteiger partial charge in [-0.15, -0.1) is 6.58 Å². The average molecular weight is 203 g/mol. The highest BCUT2D eigenvalue weighted by atomic mass is 15.0. The molecular weight excluding hydrogens is 186 g/mol. The molecule has 3 heteroatoms. The molecule has 1 aromatic rings. The van der Waals surface area contributed by atoms with Gasteiger partial charge in [-0.2, -0.15) is 0 Å². The van der Waals surface area contributed by atoms with Crippen molar-refractivity contribution in [3.8, 4) is 0 Å². The fourth-order valence-corrected chi connectivity index (χ4v) is 1.64. The number of aromatic nitrogens is 1. The highest BCUT2D eigenvalue weighted by Gasteiger charge is 2.26. The van der Waals surface area contributed by atoms with Gasteiger partial charge in [-0.05, 0) is 36.8 Å². The SMILES string of the molecule is C=CCCNc1nc(N)ccc1C1CC1. The van der Waals surface area contributed by atoms with Gasteiger partial charge < -0.3 is 11.1 Å². The number of hydrogen-bond donors (Lipinski definition) is 2. The topological polar surface area (TPSA) is 50.9 Å². The first-order valence-corrected chi connectivity index (χ1v) is 5.42. The highest BCUT2D eigenvalue weighted by molar-refractivity contribution is 5.52. The van der Waals surface area contributed by atoms with Crippen LogP contribution in [-0.2, 0) is 0 Å². The van der Waals surface area contributed by atoms with Crippen LogP contribution in [0.3, 0.4) is 0 Å². The van der Waals surface area contributed by atoms with E-state index in [2.05, 4.69) is 22.9 Å². The Morgan fingerprint density at radius 1 is 1.53 bits per heavy atom. The number of nitrogens with one attached hydrogen (secondary N) is 1. The molecule has 1 fully saturated rings. The lowest BCUT2D eigenvalue weighted by atomic mass is 10.1. The molecule has 0 aliphatic heterocycles. The lowest BCUT2D eigenvalue weighted by molar-refractivity contribution is 1.02. The largest absolute Gasteiger partial charge is 0.384 e. The number of rotatable bonds is 5. The van der Waals surface area contributed by atoms with Crippen LogP contribution in [0.4, 0.5) is 11.6 Å². The summed E-state index contributed by atoms with van der Waals surface area (Å²) in [7, 11) is 0. The molecule has 1 aliphatic carbocycles. The maximum Gasteiger partial charge on any atom is 0.131 e. The van der Waals surface area contributed by atoms with Gasteiger partial charge >= 0.3 is 0 Å². The van der Waals surface area contributed by atoms with Crippen molar-refractivity contribution in [1.82, 2.24) is 4.98 Å². The summed E-state index contributed by atoms with van der Waals surface area (Å²) >= 11 is 0. The van der Waals surface area contributed by atoms with E-state index in [0.717, 1.165) is 18.8 Å². The molecule has 0 radical (unpaired) electrons. The quantitative estimate of drug-likeness (QED) is 0.571. The molecule has 1 heterocycles. The molecule has 15 heavy (non-hydrogen) atoms. The van der Waals surface area contributed by atoms with Gasteiger partial charge in [-0.3, -0.25) is 0 Å². The van der Waals surface area contributed by atoms with E-state index in [0.29, 0.717) is 11.7 Å². The van der Waals surface area contributed by atoms with Gasteiger partial charge in [0.1, 0.15) is 11.6 Å². The highest BCUT2D eigenvalue weighted by Crippen LogP contribution is 2.42. The zero-order valence-electron chi connectivity index (χ0n) is 8.87. The normalized spacial score (nSPS) is 14.9. The lowest BCUT2D eigenvalue weighted by Gasteiger charge is -2.10. The second kappa shape index (κ2) is 4.34. The Balaban J connectivity index is 2.11. The Morgan fingerprint density at radius 2 is 2.33 bits per heavy atom. The van der Waals surface area contributed by atoms with Crippen molar-refractivity contribution in [3.63, 3.8) is 0 Å². The monoisotopic (exact) mass is 203 g/mol. The second-order valence-electron chi connectivity index (χ2n) is 3.95. The first-order valence-electron chi connectivity index (χ1n) is 5.42. The van der Waals surface area contributed by atoms with Crippen LogP contribution in [0.2, 0.25) is 0 Å². The standard InChI is InChI=1S/C12H17N3/c1-2-3-8-14-12-10(9-4-5-9)6-7-11(13)15-12/h2,6-7,9H,1,3-5,8H2,(H3,13,14,15). The van der Waals surface area contributed by atoms with Crippen molar-refractivity contribution in [1.29, 1.82) is 0 Å². The minimum Gasteiger partial charge on any atom is -0.384 e. The van der Waals surface area contributed by atoms with Crippen LogP contribution in [0.25, 0.3) is 0 Å². The van der Waals surface area contributed by atoms with E-state index in [1.54, 1.807) is 0 Å². The van der Waals surface area contributed by atoms with E-state index in [1.807, 2.05) is 12.1 Å². The van der Waals surface area contributed by atoms with Crippen molar-refractivity contribution in [2.75, 3.05) is 17.6 Å². The number of nitrogens with two attached hydrogens (primary N) is 1. The van der Waals surface area contributed by atoms with Gasteiger partial charge in [0.2, 0.25) is 0 Å². The summed E-state index contributed by atoms with van der Waals surface area (Å²) < 4.78 is 0. The molecule has 1 saturated carbocycles. The van der Waals surface area contributed by atoms with E-state index in [4.69, 9.17) is 5.73 Å². The molecule has 0 aromatic carbocycles. The van der Waals surface area contributed by atoms with Crippen LogP contribution >= 0.6 is 0 Å². The number of pyridine rings is 1. The van der Waals surface area contributed by atoms with Gasteiger partial charge in [-0.25, -0.2) is 4.98 Å². The van der Waals surface area contributed by atoms with Crippen LogP contribution in [0.15, 0.2) is 24.8 Å². The number of nitrogens with zero attached hydrogens (tertiary/aromatic N) is 1. The predicted molar refractivity (Wildman–Crippen MR) is 63.9 cm³/mol. The molecule has 1 aromatic heterocycles. The van der Waals surface area contributed by atoms with Gasteiger partial charge in [0, 0.05) is 6.54 Å².